The number of carbonyl (C=O) groups is 1. The highest BCUT2D eigenvalue weighted by Crippen LogP contribution is 2.36. The average Bonchev–Trinajstić information content (AvgIpc) is 2.99. The van der Waals surface area contributed by atoms with Crippen LogP contribution in [0.4, 0.5) is 5.69 Å². The number of ether oxygens (including phenoxy) is 2. The molecule has 0 fully saturated rings. The van der Waals surface area contributed by atoms with Crippen molar-refractivity contribution >= 4 is 45.7 Å². The molecular formula is C17H14Cl2N2O3. The Kier molecular flexibility index (Phi) is 4.55. The third-order valence-electron chi connectivity index (χ3n) is 3.61. The first-order chi connectivity index (χ1) is 11.5. The molecule has 0 saturated heterocycles. The summed E-state index contributed by atoms with van der Waals surface area (Å²) in [6.07, 6.45) is 1.63. The van der Waals surface area contributed by atoms with E-state index in [1.54, 1.807) is 30.5 Å². The predicted octanol–water partition coefficient (Wildman–Crippen LogP) is 4.74. The second-order valence-electron chi connectivity index (χ2n) is 5.03. The van der Waals surface area contributed by atoms with Crippen LogP contribution in [0, 0.1) is 0 Å². The molecular weight excluding hydrogens is 351 g/mol. The lowest BCUT2D eigenvalue weighted by Crippen LogP contribution is -2.12. The molecule has 24 heavy (non-hydrogen) atoms. The molecule has 0 atom stereocenters. The number of hydrogen-bond acceptors (Lipinski definition) is 3. The van der Waals surface area contributed by atoms with Gasteiger partial charge in [-0.05, 0) is 18.2 Å². The SMILES string of the molecule is COc1cc(NC(=O)c2c[nH]c3ccc(Cl)cc23)c(OC)cc1Cl. The third kappa shape index (κ3) is 3.00. The number of carbonyl (C=O) groups excluding carboxylic acids is 1. The number of aromatic amines is 1. The van der Waals surface area contributed by atoms with E-state index in [2.05, 4.69) is 10.3 Å². The minimum Gasteiger partial charge on any atom is -0.495 e. The normalized spacial score (nSPS) is 10.7. The van der Waals surface area contributed by atoms with E-state index in [1.807, 2.05) is 6.07 Å². The van der Waals surface area contributed by atoms with Gasteiger partial charge in [-0.2, -0.15) is 0 Å². The van der Waals surface area contributed by atoms with Crippen molar-refractivity contribution in [2.45, 2.75) is 0 Å². The Hall–Kier alpha value is -2.37. The summed E-state index contributed by atoms with van der Waals surface area (Å²) in [5.74, 6) is 0.577. The fourth-order valence-electron chi connectivity index (χ4n) is 2.43. The lowest BCUT2D eigenvalue weighted by Gasteiger charge is -2.13. The monoisotopic (exact) mass is 364 g/mol. The van der Waals surface area contributed by atoms with Crippen LogP contribution < -0.4 is 14.8 Å². The molecule has 0 bridgehead atoms. The lowest BCUT2D eigenvalue weighted by molar-refractivity contribution is 0.102. The quantitative estimate of drug-likeness (QED) is 0.702. The van der Waals surface area contributed by atoms with Crippen LogP contribution in [0.1, 0.15) is 10.4 Å². The van der Waals surface area contributed by atoms with Gasteiger partial charge in [0.05, 0.1) is 30.5 Å². The van der Waals surface area contributed by atoms with Crippen LogP contribution in [-0.4, -0.2) is 25.1 Å². The number of halogens is 2. The van der Waals surface area contributed by atoms with Crippen LogP contribution in [0.2, 0.25) is 10.0 Å². The van der Waals surface area contributed by atoms with Crippen molar-refractivity contribution in [3.05, 3.63) is 52.1 Å². The summed E-state index contributed by atoms with van der Waals surface area (Å²) >= 11 is 12.1. The van der Waals surface area contributed by atoms with Crippen LogP contribution in [0.15, 0.2) is 36.5 Å². The Labute approximate surface area is 148 Å². The smallest absolute Gasteiger partial charge is 0.257 e. The van der Waals surface area contributed by atoms with Gasteiger partial charge in [0.25, 0.3) is 5.91 Å². The minimum absolute atomic E-state index is 0.300. The predicted molar refractivity (Wildman–Crippen MR) is 95.8 cm³/mol. The highest BCUT2D eigenvalue weighted by molar-refractivity contribution is 6.32. The Morgan fingerprint density at radius 1 is 1.08 bits per heavy atom. The van der Waals surface area contributed by atoms with Gasteiger partial charge in [-0.15, -0.1) is 0 Å². The molecule has 1 aromatic heterocycles. The van der Waals surface area contributed by atoms with Gasteiger partial charge in [-0.25, -0.2) is 0 Å². The zero-order valence-electron chi connectivity index (χ0n) is 12.9. The fourth-order valence-corrected chi connectivity index (χ4v) is 2.83. The Balaban J connectivity index is 1.98. The zero-order chi connectivity index (χ0) is 17.3. The maximum atomic E-state index is 12.6. The van der Waals surface area contributed by atoms with Crippen molar-refractivity contribution in [1.29, 1.82) is 0 Å². The van der Waals surface area contributed by atoms with Gasteiger partial charge in [0.2, 0.25) is 0 Å². The van der Waals surface area contributed by atoms with E-state index in [0.29, 0.717) is 32.8 Å². The molecule has 0 saturated carbocycles. The summed E-state index contributed by atoms with van der Waals surface area (Å²) in [6, 6.07) is 8.51. The number of anilines is 1. The molecule has 2 N–H and O–H groups in total. The molecule has 0 radical (unpaired) electrons. The van der Waals surface area contributed by atoms with Gasteiger partial charge >= 0.3 is 0 Å². The Morgan fingerprint density at radius 3 is 2.54 bits per heavy atom. The van der Waals surface area contributed by atoms with Crippen molar-refractivity contribution in [1.82, 2.24) is 4.98 Å². The summed E-state index contributed by atoms with van der Waals surface area (Å²) < 4.78 is 10.4. The number of fused-ring (bicyclic) bond motifs is 1. The maximum Gasteiger partial charge on any atom is 0.257 e. The van der Waals surface area contributed by atoms with E-state index < -0.39 is 0 Å². The van der Waals surface area contributed by atoms with Crippen LogP contribution >= 0.6 is 23.2 Å². The number of benzene rings is 2. The van der Waals surface area contributed by atoms with E-state index in [4.69, 9.17) is 32.7 Å². The molecule has 3 aromatic rings. The first-order valence-electron chi connectivity index (χ1n) is 7.03. The Morgan fingerprint density at radius 2 is 1.83 bits per heavy atom. The van der Waals surface area contributed by atoms with E-state index in [1.165, 1.54) is 14.2 Å². The van der Waals surface area contributed by atoms with E-state index in [-0.39, 0.29) is 5.91 Å². The van der Waals surface area contributed by atoms with Crippen LogP contribution in [-0.2, 0) is 0 Å². The summed E-state index contributed by atoms with van der Waals surface area (Å²) in [7, 11) is 3.00. The third-order valence-corrected chi connectivity index (χ3v) is 4.14. The molecule has 2 aromatic carbocycles. The first-order valence-corrected chi connectivity index (χ1v) is 7.78. The van der Waals surface area contributed by atoms with Crippen molar-refractivity contribution in [3.63, 3.8) is 0 Å². The molecule has 0 unspecified atom stereocenters. The molecule has 5 nitrogen and oxygen atoms in total. The number of methoxy groups -OCH3 is 2. The van der Waals surface area contributed by atoms with E-state index in [9.17, 15) is 4.79 Å². The summed E-state index contributed by atoms with van der Waals surface area (Å²) in [5.41, 5.74) is 1.76. The molecule has 124 valence electrons. The van der Waals surface area contributed by atoms with Crippen molar-refractivity contribution in [2.75, 3.05) is 19.5 Å². The molecule has 1 amide bonds. The highest BCUT2D eigenvalue weighted by Gasteiger charge is 2.16. The number of nitrogens with one attached hydrogen (secondary N) is 2. The minimum atomic E-state index is -0.300. The van der Waals surface area contributed by atoms with Crippen molar-refractivity contribution < 1.29 is 14.3 Å². The Bertz CT molecular complexity index is 922. The number of aromatic nitrogens is 1. The van der Waals surface area contributed by atoms with Crippen LogP contribution in [0.5, 0.6) is 11.5 Å². The van der Waals surface area contributed by atoms with Crippen LogP contribution in [0.3, 0.4) is 0 Å². The van der Waals surface area contributed by atoms with Gasteiger partial charge < -0.3 is 19.8 Å². The van der Waals surface area contributed by atoms with Crippen molar-refractivity contribution in [2.24, 2.45) is 0 Å². The highest BCUT2D eigenvalue weighted by atomic mass is 35.5. The maximum absolute atomic E-state index is 12.6. The zero-order valence-corrected chi connectivity index (χ0v) is 14.5. The standard InChI is InChI=1S/C17H14Cl2N2O3/c1-23-15-7-14(16(24-2)6-12(15)19)21-17(22)11-8-20-13-4-3-9(18)5-10(11)13/h3-8,20H,1-2H3,(H,21,22). The topological polar surface area (TPSA) is 63.3 Å². The number of hydrogen-bond donors (Lipinski definition) is 2. The van der Waals surface area contributed by atoms with Gasteiger partial charge in [-0.1, -0.05) is 23.2 Å². The molecule has 0 aliphatic rings. The molecule has 3 rings (SSSR count). The molecule has 7 heteroatoms. The van der Waals surface area contributed by atoms with E-state index in [0.717, 1.165) is 10.9 Å². The summed E-state index contributed by atoms with van der Waals surface area (Å²) in [4.78, 5) is 15.7. The lowest BCUT2D eigenvalue weighted by atomic mass is 10.1. The second-order valence-corrected chi connectivity index (χ2v) is 5.88. The van der Waals surface area contributed by atoms with Gasteiger partial charge in [0.1, 0.15) is 11.5 Å². The number of amides is 1. The molecule has 1 heterocycles. The first kappa shape index (κ1) is 16.5. The summed E-state index contributed by atoms with van der Waals surface area (Å²) in [5, 5.41) is 4.50. The van der Waals surface area contributed by atoms with Gasteiger partial charge in [0, 0.05) is 34.3 Å². The van der Waals surface area contributed by atoms with Gasteiger partial charge in [0.15, 0.2) is 0 Å². The van der Waals surface area contributed by atoms with Gasteiger partial charge in [-0.3, -0.25) is 4.79 Å². The second kappa shape index (κ2) is 6.63. The average molecular weight is 365 g/mol. The molecule has 0 spiro atoms. The molecule has 0 aliphatic carbocycles. The summed E-state index contributed by atoms with van der Waals surface area (Å²) in [6.45, 7) is 0. The number of rotatable bonds is 4. The molecule has 0 aliphatic heterocycles. The fraction of sp³-hybridized carbons (Fsp3) is 0.118. The number of H-pyrrole nitrogens is 1. The largest absolute Gasteiger partial charge is 0.495 e. The van der Waals surface area contributed by atoms with Crippen LogP contribution in [0.25, 0.3) is 10.9 Å². The van der Waals surface area contributed by atoms with E-state index >= 15 is 0 Å². The van der Waals surface area contributed by atoms with Crippen molar-refractivity contribution in [3.8, 4) is 11.5 Å².